The van der Waals surface area contributed by atoms with Crippen LogP contribution in [0.1, 0.15) is 72.1 Å². The van der Waals surface area contributed by atoms with Gasteiger partial charge in [0.1, 0.15) is 0 Å². The Balaban J connectivity index is 1.63. The summed E-state index contributed by atoms with van der Waals surface area (Å²) >= 11 is 0. The van der Waals surface area contributed by atoms with Gasteiger partial charge in [0.05, 0.1) is 12.0 Å². The number of hydrogen-bond donors (Lipinski definition) is 2. The maximum absolute atomic E-state index is 11.6. The molecule has 0 aromatic rings. The van der Waals surface area contributed by atoms with Gasteiger partial charge in [-0.3, -0.25) is 4.79 Å². The molecule has 4 aliphatic rings. The second-order valence-corrected chi connectivity index (χ2v) is 10.0. The van der Waals surface area contributed by atoms with Crippen LogP contribution in [0.25, 0.3) is 0 Å². The van der Waals surface area contributed by atoms with E-state index < -0.39 is 5.97 Å². The zero-order valence-corrected chi connectivity index (χ0v) is 16.0. The van der Waals surface area contributed by atoms with E-state index in [-0.39, 0.29) is 22.9 Å². The molecule has 0 aromatic heterocycles. The van der Waals surface area contributed by atoms with Crippen molar-refractivity contribution in [3.8, 4) is 0 Å². The summed E-state index contributed by atoms with van der Waals surface area (Å²) in [5.74, 6) is 1.63. The molecule has 0 amide bonds. The lowest BCUT2D eigenvalue weighted by molar-refractivity contribution is -0.146. The number of aliphatic hydroxyl groups excluding tert-OH is 1. The van der Waals surface area contributed by atoms with Crippen molar-refractivity contribution in [2.45, 2.75) is 78.2 Å². The molecule has 3 fully saturated rings. The number of carboxylic acids is 1. The third kappa shape index (κ3) is 2.44. The lowest BCUT2D eigenvalue weighted by Crippen LogP contribution is -2.51. The number of carbonyl (C=O) groups is 1. The molecular weight excluding hydrogens is 312 g/mol. The van der Waals surface area contributed by atoms with Crippen LogP contribution in [0.3, 0.4) is 0 Å². The van der Waals surface area contributed by atoms with Gasteiger partial charge in [0.15, 0.2) is 0 Å². The van der Waals surface area contributed by atoms with Crippen LogP contribution in [0.2, 0.25) is 0 Å². The van der Waals surface area contributed by atoms with E-state index in [0.29, 0.717) is 17.8 Å². The SMILES string of the molecule is C[C@H](C(=O)O)[C@@H]1CC[C@H]2[C@@H]3CC=C4C[C@H](O)CC[C@]4(C)[C@@H]3CC[C@@]21C. The van der Waals surface area contributed by atoms with Gasteiger partial charge in [-0.05, 0) is 85.9 Å². The molecule has 0 unspecified atom stereocenters. The van der Waals surface area contributed by atoms with E-state index in [0.717, 1.165) is 38.0 Å². The summed E-state index contributed by atoms with van der Waals surface area (Å²) in [5.41, 5.74) is 2.00. The molecule has 0 aliphatic heterocycles. The van der Waals surface area contributed by atoms with E-state index in [9.17, 15) is 15.0 Å². The molecular formula is C22H34O3. The van der Waals surface area contributed by atoms with Crippen molar-refractivity contribution in [3.63, 3.8) is 0 Å². The smallest absolute Gasteiger partial charge is 0.306 e. The molecule has 0 heterocycles. The second kappa shape index (κ2) is 5.84. The van der Waals surface area contributed by atoms with Crippen LogP contribution >= 0.6 is 0 Å². The molecule has 3 saturated carbocycles. The average molecular weight is 347 g/mol. The van der Waals surface area contributed by atoms with Crippen LogP contribution in [0, 0.1) is 40.4 Å². The number of aliphatic hydroxyl groups is 1. The molecule has 25 heavy (non-hydrogen) atoms. The van der Waals surface area contributed by atoms with E-state index in [1.807, 2.05) is 6.92 Å². The van der Waals surface area contributed by atoms with Crippen LogP contribution in [0.4, 0.5) is 0 Å². The van der Waals surface area contributed by atoms with Crippen molar-refractivity contribution in [1.29, 1.82) is 0 Å². The Morgan fingerprint density at radius 2 is 1.92 bits per heavy atom. The highest BCUT2D eigenvalue weighted by Gasteiger charge is 2.59. The van der Waals surface area contributed by atoms with Gasteiger partial charge in [-0.1, -0.05) is 32.4 Å². The number of allylic oxidation sites excluding steroid dienone is 1. The first-order valence-corrected chi connectivity index (χ1v) is 10.4. The molecule has 3 nitrogen and oxygen atoms in total. The van der Waals surface area contributed by atoms with E-state index in [1.54, 1.807) is 0 Å². The monoisotopic (exact) mass is 346 g/mol. The summed E-state index contributed by atoms with van der Waals surface area (Å²) < 4.78 is 0. The molecule has 8 atom stereocenters. The Labute approximate surface area is 151 Å². The fourth-order valence-electron chi connectivity index (χ4n) is 7.68. The van der Waals surface area contributed by atoms with E-state index in [2.05, 4.69) is 19.9 Å². The van der Waals surface area contributed by atoms with Crippen molar-refractivity contribution in [2.75, 3.05) is 0 Å². The zero-order chi connectivity index (χ0) is 18.0. The van der Waals surface area contributed by atoms with Crippen molar-refractivity contribution in [2.24, 2.45) is 40.4 Å². The molecule has 0 bridgehead atoms. The summed E-state index contributed by atoms with van der Waals surface area (Å²) in [6, 6.07) is 0. The number of rotatable bonds is 2. The van der Waals surface area contributed by atoms with Gasteiger partial charge in [0.25, 0.3) is 0 Å². The van der Waals surface area contributed by atoms with Gasteiger partial charge in [-0.2, -0.15) is 0 Å². The summed E-state index contributed by atoms with van der Waals surface area (Å²) in [4.78, 5) is 11.6. The predicted molar refractivity (Wildman–Crippen MR) is 98.0 cm³/mol. The zero-order valence-electron chi connectivity index (χ0n) is 16.0. The largest absolute Gasteiger partial charge is 0.481 e. The van der Waals surface area contributed by atoms with E-state index in [4.69, 9.17) is 0 Å². The van der Waals surface area contributed by atoms with E-state index >= 15 is 0 Å². The maximum Gasteiger partial charge on any atom is 0.306 e. The normalized spacial score (nSPS) is 50.2. The Morgan fingerprint density at radius 3 is 2.64 bits per heavy atom. The van der Waals surface area contributed by atoms with Crippen LogP contribution in [0.15, 0.2) is 11.6 Å². The van der Waals surface area contributed by atoms with Gasteiger partial charge < -0.3 is 10.2 Å². The van der Waals surface area contributed by atoms with Gasteiger partial charge in [-0.15, -0.1) is 0 Å². The fourth-order valence-corrected chi connectivity index (χ4v) is 7.68. The predicted octanol–water partition coefficient (Wildman–Crippen LogP) is 4.65. The molecule has 0 aromatic carbocycles. The first-order valence-electron chi connectivity index (χ1n) is 10.4. The Hall–Kier alpha value is -0.830. The molecule has 4 rings (SSSR count). The fraction of sp³-hybridized carbons (Fsp3) is 0.864. The topological polar surface area (TPSA) is 57.5 Å². The first kappa shape index (κ1) is 17.6. The maximum atomic E-state index is 11.6. The molecule has 3 heteroatoms. The number of hydrogen-bond acceptors (Lipinski definition) is 2. The molecule has 0 spiro atoms. The van der Waals surface area contributed by atoms with Gasteiger partial charge in [0.2, 0.25) is 0 Å². The van der Waals surface area contributed by atoms with Crippen molar-refractivity contribution in [3.05, 3.63) is 11.6 Å². The second-order valence-electron chi connectivity index (χ2n) is 10.0. The lowest BCUT2D eigenvalue weighted by atomic mass is 9.47. The minimum absolute atomic E-state index is 0.142. The van der Waals surface area contributed by atoms with E-state index in [1.165, 1.54) is 24.8 Å². The minimum Gasteiger partial charge on any atom is -0.481 e. The highest BCUT2D eigenvalue weighted by Crippen LogP contribution is 2.67. The van der Waals surface area contributed by atoms with Crippen LogP contribution in [0.5, 0.6) is 0 Å². The summed E-state index contributed by atoms with van der Waals surface area (Å²) in [6.07, 6.45) is 11.1. The van der Waals surface area contributed by atoms with Crippen molar-refractivity contribution >= 4 is 5.97 Å². The standard InChI is InChI=1S/C22H34O3/c1-13(20(24)25)17-6-7-18-16-5-4-14-12-15(23)8-10-21(14,2)19(16)9-11-22(17,18)3/h4,13,15-19,23H,5-12H2,1-3H3,(H,24,25)/t13-,15+,16-,17-,18-,19+,21-,22+/m0/s1. The Morgan fingerprint density at radius 1 is 1.16 bits per heavy atom. The summed E-state index contributed by atoms with van der Waals surface area (Å²) in [6.45, 7) is 6.78. The molecule has 0 saturated heterocycles. The van der Waals surface area contributed by atoms with Crippen molar-refractivity contribution in [1.82, 2.24) is 0 Å². The first-order chi connectivity index (χ1) is 11.8. The van der Waals surface area contributed by atoms with Gasteiger partial charge in [0, 0.05) is 0 Å². The van der Waals surface area contributed by atoms with Crippen LogP contribution in [-0.4, -0.2) is 22.3 Å². The average Bonchev–Trinajstić information content (AvgIpc) is 2.92. The third-order valence-electron chi connectivity index (χ3n) is 9.14. The summed E-state index contributed by atoms with van der Waals surface area (Å²) in [7, 11) is 0. The summed E-state index contributed by atoms with van der Waals surface area (Å²) in [5, 5.41) is 19.7. The number of carboxylic acid groups (broad SMARTS) is 1. The lowest BCUT2D eigenvalue weighted by Gasteiger charge is -2.58. The van der Waals surface area contributed by atoms with Crippen molar-refractivity contribution < 1.29 is 15.0 Å². The minimum atomic E-state index is -0.618. The van der Waals surface area contributed by atoms with Crippen LogP contribution < -0.4 is 0 Å². The number of aliphatic carboxylic acids is 1. The molecule has 0 radical (unpaired) electrons. The Bertz CT molecular complexity index is 596. The highest BCUT2D eigenvalue weighted by atomic mass is 16.4. The molecule has 4 aliphatic carbocycles. The highest BCUT2D eigenvalue weighted by molar-refractivity contribution is 5.70. The molecule has 2 N–H and O–H groups in total. The Kier molecular flexibility index (Phi) is 4.10. The van der Waals surface area contributed by atoms with Gasteiger partial charge in [-0.25, -0.2) is 0 Å². The third-order valence-corrected chi connectivity index (χ3v) is 9.14. The number of fused-ring (bicyclic) bond motifs is 5. The quantitative estimate of drug-likeness (QED) is 0.716. The molecule has 140 valence electrons. The van der Waals surface area contributed by atoms with Crippen LogP contribution in [-0.2, 0) is 4.79 Å². The van der Waals surface area contributed by atoms with Gasteiger partial charge >= 0.3 is 5.97 Å².